The maximum absolute atomic E-state index is 12.9. The van der Waals surface area contributed by atoms with Gasteiger partial charge in [-0.25, -0.2) is 15.0 Å². The van der Waals surface area contributed by atoms with Crippen LogP contribution in [-0.2, 0) is 6.42 Å². The molecule has 1 atom stereocenters. The molecule has 1 amide bonds. The maximum atomic E-state index is 12.9. The predicted molar refractivity (Wildman–Crippen MR) is 100 cm³/mol. The molecule has 0 bridgehead atoms. The number of hydrogen-bond acceptors (Lipinski definition) is 5. The third-order valence-corrected chi connectivity index (χ3v) is 5.12. The Morgan fingerprint density at radius 1 is 1.19 bits per heavy atom. The zero-order valence-electron chi connectivity index (χ0n) is 14.7. The van der Waals surface area contributed by atoms with Gasteiger partial charge in [-0.3, -0.25) is 4.79 Å². The molecule has 4 rings (SSSR count). The molecule has 0 unspecified atom stereocenters. The molecule has 1 aromatic carbocycles. The number of oxazole rings is 1. The molecule has 3 heterocycles. The first kappa shape index (κ1) is 17.7. The van der Waals surface area contributed by atoms with Crippen molar-refractivity contribution in [1.82, 2.24) is 19.9 Å². The molecule has 27 heavy (non-hydrogen) atoms. The average molecular weight is 383 g/mol. The summed E-state index contributed by atoms with van der Waals surface area (Å²) in [5, 5.41) is 0.703. The Balaban J connectivity index is 1.55. The summed E-state index contributed by atoms with van der Waals surface area (Å²) in [5.41, 5.74) is 1.46. The lowest BCUT2D eigenvalue weighted by Crippen LogP contribution is -2.38. The van der Waals surface area contributed by atoms with Gasteiger partial charge in [-0.15, -0.1) is 0 Å². The van der Waals surface area contributed by atoms with Crippen LogP contribution in [-0.4, -0.2) is 32.3 Å². The molecule has 138 valence electrons. The lowest BCUT2D eigenvalue weighted by atomic mass is 10.0. The standard InChI is InChI=1S/C20H19ClN4O2/c21-17-6-2-1-5-14(17)9-16-12-24-19(27-16)18-7-3-4-8-25(18)20(26)15-10-22-13-23-11-15/h1-2,5-6,10-13,18H,3-4,7-9H2/t18-/m0/s1. The molecule has 6 nitrogen and oxygen atoms in total. The van der Waals surface area contributed by atoms with Gasteiger partial charge in [-0.2, -0.15) is 0 Å². The minimum Gasteiger partial charge on any atom is -0.443 e. The van der Waals surface area contributed by atoms with E-state index in [1.54, 1.807) is 18.6 Å². The van der Waals surface area contributed by atoms with Gasteiger partial charge < -0.3 is 9.32 Å². The van der Waals surface area contributed by atoms with E-state index < -0.39 is 0 Å². The topological polar surface area (TPSA) is 72.1 Å². The summed E-state index contributed by atoms with van der Waals surface area (Å²) in [5.74, 6) is 1.22. The fraction of sp³-hybridized carbons (Fsp3) is 0.300. The van der Waals surface area contributed by atoms with Gasteiger partial charge >= 0.3 is 0 Å². The van der Waals surface area contributed by atoms with Crippen molar-refractivity contribution in [3.05, 3.63) is 77.0 Å². The van der Waals surface area contributed by atoms with Crippen LogP contribution in [0.25, 0.3) is 0 Å². The van der Waals surface area contributed by atoms with Gasteiger partial charge in [0.2, 0.25) is 5.89 Å². The van der Waals surface area contributed by atoms with E-state index in [1.807, 2.05) is 29.2 Å². The van der Waals surface area contributed by atoms with E-state index in [0.717, 1.165) is 30.6 Å². The highest BCUT2D eigenvalue weighted by atomic mass is 35.5. The number of carbonyl (C=O) groups is 1. The quantitative estimate of drug-likeness (QED) is 0.679. The first-order valence-corrected chi connectivity index (χ1v) is 9.34. The molecule has 0 N–H and O–H groups in total. The number of rotatable bonds is 4. The van der Waals surface area contributed by atoms with Gasteiger partial charge in [-0.1, -0.05) is 29.8 Å². The highest BCUT2D eigenvalue weighted by Gasteiger charge is 2.32. The lowest BCUT2D eigenvalue weighted by molar-refractivity contribution is 0.0569. The molecule has 0 radical (unpaired) electrons. The Labute approximate surface area is 162 Å². The van der Waals surface area contributed by atoms with Crippen molar-refractivity contribution >= 4 is 17.5 Å². The summed E-state index contributed by atoms with van der Waals surface area (Å²) in [6.07, 6.45) is 9.61. The number of likely N-dealkylation sites (tertiary alicyclic amines) is 1. The normalized spacial score (nSPS) is 17.1. The van der Waals surface area contributed by atoms with Crippen LogP contribution in [0, 0.1) is 0 Å². The van der Waals surface area contributed by atoms with Gasteiger partial charge in [0.1, 0.15) is 18.1 Å². The van der Waals surface area contributed by atoms with Gasteiger partial charge in [0.05, 0.1) is 11.8 Å². The summed E-state index contributed by atoms with van der Waals surface area (Å²) in [4.78, 5) is 27.0. The first-order chi connectivity index (χ1) is 13.2. The molecule has 1 aliphatic heterocycles. The molecule has 3 aromatic rings. The van der Waals surface area contributed by atoms with Crippen LogP contribution in [0.1, 0.15) is 52.9 Å². The largest absolute Gasteiger partial charge is 0.443 e. The van der Waals surface area contributed by atoms with Crippen LogP contribution in [0.15, 0.2) is 53.6 Å². The number of amides is 1. The zero-order chi connectivity index (χ0) is 18.6. The predicted octanol–water partition coefficient (Wildman–Crippen LogP) is 4.08. The molecule has 2 aromatic heterocycles. The van der Waals surface area contributed by atoms with Crippen molar-refractivity contribution in [3.63, 3.8) is 0 Å². The summed E-state index contributed by atoms with van der Waals surface area (Å²) in [6, 6.07) is 7.50. The molecule has 1 saturated heterocycles. The zero-order valence-corrected chi connectivity index (χ0v) is 15.5. The number of piperidine rings is 1. The second kappa shape index (κ2) is 7.88. The molecular formula is C20H19ClN4O2. The number of carbonyl (C=O) groups excluding carboxylic acids is 1. The van der Waals surface area contributed by atoms with Crippen molar-refractivity contribution in [2.45, 2.75) is 31.7 Å². The first-order valence-electron chi connectivity index (χ1n) is 8.96. The van der Waals surface area contributed by atoms with E-state index in [0.29, 0.717) is 29.4 Å². The van der Waals surface area contributed by atoms with Crippen molar-refractivity contribution < 1.29 is 9.21 Å². The highest BCUT2D eigenvalue weighted by molar-refractivity contribution is 6.31. The van der Waals surface area contributed by atoms with E-state index in [9.17, 15) is 4.79 Å². The monoisotopic (exact) mass is 382 g/mol. The summed E-state index contributed by atoms with van der Waals surface area (Å²) in [7, 11) is 0. The average Bonchev–Trinajstić information content (AvgIpc) is 3.18. The molecule has 0 saturated carbocycles. The minimum atomic E-state index is -0.175. The highest BCUT2D eigenvalue weighted by Crippen LogP contribution is 2.32. The van der Waals surface area contributed by atoms with Crippen LogP contribution in [0.3, 0.4) is 0 Å². The van der Waals surface area contributed by atoms with Crippen LogP contribution < -0.4 is 0 Å². The number of aromatic nitrogens is 3. The van der Waals surface area contributed by atoms with Crippen molar-refractivity contribution in [3.8, 4) is 0 Å². The lowest BCUT2D eigenvalue weighted by Gasteiger charge is -2.33. The Morgan fingerprint density at radius 3 is 2.81 bits per heavy atom. The minimum absolute atomic E-state index is 0.0915. The fourth-order valence-corrected chi connectivity index (χ4v) is 3.60. The van der Waals surface area contributed by atoms with E-state index >= 15 is 0 Å². The third-order valence-electron chi connectivity index (χ3n) is 4.75. The third kappa shape index (κ3) is 3.85. The van der Waals surface area contributed by atoms with Crippen LogP contribution in [0.5, 0.6) is 0 Å². The van der Waals surface area contributed by atoms with E-state index in [2.05, 4.69) is 15.0 Å². The molecular weight excluding hydrogens is 364 g/mol. The Kier molecular flexibility index (Phi) is 5.16. The molecule has 1 aliphatic rings. The van der Waals surface area contributed by atoms with Crippen molar-refractivity contribution in [2.75, 3.05) is 6.54 Å². The van der Waals surface area contributed by atoms with Gasteiger partial charge in [0, 0.05) is 30.4 Å². The number of benzene rings is 1. The maximum Gasteiger partial charge on any atom is 0.257 e. The smallest absolute Gasteiger partial charge is 0.257 e. The van der Waals surface area contributed by atoms with Crippen LogP contribution >= 0.6 is 11.6 Å². The van der Waals surface area contributed by atoms with E-state index in [-0.39, 0.29) is 11.9 Å². The number of nitrogens with zero attached hydrogens (tertiary/aromatic N) is 4. The van der Waals surface area contributed by atoms with Crippen molar-refractivity contribution in [2.24, 2.45) is 0 Å². The SMILES string of the molecule is O=C(c1cncnc1)N1CCCC[C@H]1c1ncc(Cc2ccccc2Cl)o1. The molecule has 0 aliphatic carbocycles. The summed E-state index contributed by atoms with van der Waals surface area (Å²) in [6.45, 7) is 0.667. The van der Waals surface area contributed by atoms with E-state index in [1.165, 1.54) is 6.33 Å². The van der Waals surface area contributed by atoms with Crippen LogP contribution in [0.4, 0.5) is 0 Å². The van der Waals surface area contributed by atoms with E-state index in [4.69, 9.17) is 16.0 Å². The van der Waals surface area contributed by atoms with Gasteiger partial charge in [-0.05, 0) is 30.9 Å². The Bertz CT molecular complexity index is 928. The summed E-state index contributed by atoms with van der Waals surface area (Å²) < 4.78 is 6.00. The fourth-order valence-electron chi connectivity index (χ4n) is 3.39. The molecule has 7 heteroatoms. The van der Waals surface area contributed by atoms with Crippen LogP contribution in [0.2, 0.25) is 5.02 Å². The van der Waals surface area contributed by atoms with Crippen molar-refractivity contribution in [1.29, 1.82) is 0 Å². The molecule has 1 fully saturated rings. The molecule has 0 spiro atoms. The summed E-state index contributed by atoms with van der Waals surface area (Å²) >= 11 is 6.24. The Hall–Kier alpha value is -2.73. The van der Waals surface area contributed by atoms with Gasteiger partial charge in [0.25, 0.3) is 5.91 Å². The van der Waals surface area contributed by atoms with Gasteiger partial charge in [0.15, 0.2) is 0 Å². The Morgan fingerprint density at radius 2 is 2.00 bits per heavy atom. The number of halogens is 1. The number of hydrogen-bond donors (Lipinski definition) is 0. The second-order valence-electron chi connectivity index (χ2n) is 6.57. The second-order valence-corrected chi connectivity index (χ2v) is 6.98.